The molecule has 0 bridgehead atoms. The van der Waals surface area contributed by atoms with Crippen LogP contribution in [-0.2, 0) is 15.4 Å². The van der Waals surface area contributed by atoms with Crippen LogP contribution in [0.25, 0.3) is 0 Å². The van der Waals surface area contributed by atoms with Gasteiger partial charge in [0.1, 0.15) is 5.75 Å². The molecule has 0 radical (unpaired) electrons. The van der Waals surface area contributed by atoms with Gasteiger partial charge in [-0.05, 0) is 13.0 Å². The molecule has 1 fully saturated rings. The first-order valence-corrected chi connectivity index (χ1v) is 3.91. The third-order valence-electron chi connectivity index (χ3n) is 2.41. The second kappa shape index (κ2) is 1.81. The molecule has 2 aliphatic rings. The van der Waals surface area contributed by atoms with Crippen LogP contribution in [0.1, 0.15) is 12.5 Å². The molecule has 2 heterocycles. The summed E-state index contributed by atoms with van der Waals surface area (Å²) in [6.07, 6.45) is -0.255. The van der Waals surface area contributed by atoms with Crippen molar-refractivity contribution in [2.45, 2.75) is 18.8 Å². The van der Waals surface area contributed by atoms with Crippen molar-refractivity contribution in [1.82, 2.24) is 0 Å². The smallest absolute Gasteiger partial charge is 0.266 e. The summed E-state index contributed by atoms with van der Waals surface area (Å²) in [6.45, 7) is 1.97. The third-order valence-corrected chi connectivity index (χ3v) is 2.41. The van der Waals surface area contributed by atoms with E-state index < -0.39 is 0 Å². The molecule has 12 heavy (non-hydrogen) atoms. The molecule has 62 valence electrons. The molecule has 0 saturated carbocycles. The van der Waals surface area contributed by atoms with Crippen LogP contribution in [0.2, 0.25) is 0 Å². The van der Waals surface area contributed by atoms with Gasteiger partial charge in [0, 0.05) is 5.56 Å². The van der Waals surface area contributed by atoms with Crippen molar-refractivity contribution in [2.24, 2.45) is 0 Å². The van der Waals surface area contributed by atoms with Gasteiger partial charge in [-0.25, -0.2) is 4.89 Å². The Kier molecular flexibility index (Phi) is 0.975. The van der Waals surface area contributed by atoms with E-state index in [4.69, 9.17) is 14.5 Å². The van der Waals surface area contributed by atoms with Crippen molar-refractivity contribution in [3.05, 3.63) is 29.8 Å². The predicted octanol–water partition coefficient (Wildman–Crippen LogP) is 1.58. The van der Waals surface area contributed by atoms with E-state index in [1.54, 1.807) is 0 Å². The first kappa shape index (κ1) is 6.46. The van der Waals surface area contributed by atoms with Gasteiger partial charge in [0.15, 0.2) is 5.60 Å². The van der Waals surface area contributed by atoms with Gasteiger partial charge in [0.2, 0.25) is 0 Å². The predicted molar refractivity (Wildman–Crippen MR) is 40.4 cm³/mol. The Labute approximate surface area is 69.8 Å². The topological polar surface area (TPSA) is 27.7 Å². The Morgan fingerprint density at radius 3 is 2.92 bits per heavy atom. The molecule has 3 rings (SSSR count). The van der Waals surface area contributed by atoms with E-state index >= 15 is 0 Å². The van der Waals surface area contributed by atoms with Gasteiger partial charge in [0.05, 0.1) is 0 Å². The molecule has 2 atom stereocenters. The Morgan fingerprint density at radius 2 is 2.17 bits per heavy atom. The van der Waals surface area contributed by atoms with Crippen LogP contribution in [0, 0.1) is 0 Å². The molecule has 1 aromatic carbocycles. The Balaban J connectivity index is 2.19. The molecule has 3 heteroatoms. The lowest BCUT2D eigenvalue weighted by atomic mass is 9.96. The van der Waals surface area contributed by atoms with Crippen LogP contribution in [-0.4, -0.2) is 6.29 Å². The summed E-state index contributed by atoms with van der Waals surface area (Å²) in [5.41, 5.74) is 0.692. The molecule has 0 aromatic heterocycles. The monoisotopic (exact) mass is 164 g/mol. The van der Waals surface area contributed by atoms with Crippen molar-refractivity contribution in [2.75, 3.05) is 0 Å². The molecule has 2 unspecified atom stereocenters. The van der Waals surface area contributed by atoms with E-state index in [1.165, 1.54) is 0 Å². The van der Waals surface area contributed by atoms with E-state index in [9.17, 15) is 0 Å². The molecule has 1 saturated heterocycles. The van der Waals surface area contributed by atoms with E-state index in [1.807, 2.05) is 31.2 Å². The number of hydrogen-bond acceptors (Lipinski definition) is 3. The summed E-state index contributed by atoms with van der Waals surface area (Å²) in [4.78, 5) is 9.86. The lowest BCUT2D eigenvalue weighted by molar-refractivity contribution is -0.542. The first-order valence-electron chi connectivity index (χ1n) is 3.91. The number of benzene rings is 1. The van der Waals surface area contributed by atoms with Gasteiger partial charge in [-0.2, -0.15) is 4.89 Å². The maximum atomic E-state index is 5.46. The van der Waals surface area contributed by atoms with Gasteiger partial charge in [-0.15, -0.1) is 0 Å². The van der Waals surface area contributed by atoms with Gasteiger partial charge in [-0.3, -0.25) is 0 Å². The largest absolute Gasteiger partial charge is 0.458 e. The minimum absolute atomic E-state index is 0.255. The summed E-state index contributed by atoms with van der Waals surface area (Å²) in [6, 6.07) is 7.83. The van der Waals surface area contributed by atoms with Crippen molar-refractivity contribution < 1.29 is 14.5 Å². The van der Waals surface area contributed by atoms with Crippen molar-refractivity contribution >= 4 is 0 Å². The van der Waals surface area contributed by atoms with Crippen LogP contribution >= 0.6 is 0 Å². The van der Waals surface area contributed by atoms with Gasteiger partial charge < -0.3 is 4.74 Å². The van der Waals surface area contributed by atoms with Crippen molar-refractivity contribution in [1.29, 1.82) is 0 Å². The van der Waals surface area contributed by atoms with E-state index in [0.29, 0.717) is 0 Å². The van der Waals surface area contributed by atoms with Crippen LogP contribution < -0.4 is 4.74 Å². The molecular weight excluding hydrogens is 156 g/mol. The zero-order valence-corrected chi connectivity index (χ0v) is 6.61. The fraction of sp³-hybridized carbons (Fsp3) is 0.333. The van der Waals surface area contributed by atoms with Crippen LogP contribution in [0.4, 0.5) is 0 Å². The fourth-order valence-electron chi connectivity index (χ4n) is 1.63. The van der Waals surface area contributed by atoms with E-state index in [-0.39, 0.29) is 11.9 Å². The average Bonchev–Trinajstić information content (AvgIpc) is 2.28. The van der Waals surface area contributed by atoms with E-state index in [0.717, 1.165) is 11.3 Å². The summed E-state index contributed by atoms with van der Waals surface area (Å²) in [7, 11) is 0. The highest BCUT2D eigenvalue weighted by atomic mass is 17.3. The average molecular weight is 164 g/mol. The minimum Gasteiger partial charge on any atom is -0.458 e. The van der Waals surface area contributed by atoms with Crippen molar-refractivity contribution in [3.8, 4) is 5.75 Å². The van der Waals surface area contributed by atoms with Crippen LogP contribution in [0.3, 0.4) is 0 Å². The Bertz CT molecular complexity index is 336. The summed E-state index contributed by atoms with van der Waals surface area (Å²) in [5.74, 6) is 0.863. The molecular formula is C9H8O3. The zero-order chi connectivity index (χ0) is 8.18. The zero-order valence-electron chi connectivity index (χ0n) is 6.61. The van der Waals surface area contributed by atoms with Gasteiger partial charge >= 0.3 is 0 Å². The van der Waals surface area contributed by atoms with Gasteiger partial charge in [0.25, 0.3) is 6.29 Å². The molecule has 0 aliphatic carbocycles. The highest BCUT2D eigenvalue weighted by Gasteiger charge is 2.57. The van der Waals surface area contributed by atoms with E-state index in [2.05, 4.69) is 0 Å². The van der Waals surface area contributed by atoms with Crippen molar-refractivity contribution in [3.63, 3.8) is 0 Å². The molecule has 0 N–H and O–H groups in total. The second-order valence-corrected chi connectivity index (χ2v) is 3.23. The normalized spacial score (nSPS) is 36.2. The number of para-hydroxylation sites is 1. The minimum atomic E-state index is -0.378. The molecule has 0 spiro atoms. The second-order valence-electron chi connectivity index (χ2n) is 3.23. The number of ether oxygens (including phenoxy) is 1. The quantitative estimate of drug-likeness (QED) is 0.545. The Morgan fingerprint density at radius 1 is 1.33 bits per heavy atom. The number of fused-ring (bicyclic) bond motifs is 3. The lowest BCUT2D eigenvalue weighted by Gasteiger charge is -2.37. The fourth-order valence-corrected chi connectivity index (χ4v) is 1.63. The summed E-state index contributed by atoms with van der Waals surface area (Å²) in [5, 5.41) is 0. The standard InChI is InChI=1S/C9H8O3/c1-9-6-4-2-3-5-7(6)10-8(9)11-12-9/h2-5,8H,1H3. The molecule has 3 nitrogen and oxygen atoms in total. The SMILES string of the molecule is CC12OOC1Oc1ccccc12. The highest BCUT2D eigenvalue weighted by Crippen LogP contribution is 2.49. The van der Waals surface area contributed by atoms with Crippen LogP contribution in [0.5, 0.6) is 5.75 Å². The lowest BCUT2D eigenvalue weighted by Crippen LogP contribution is -2.50. The molecule has 1 aromatic rings. The maximum Gasteiger partial charge on any atom is 0.266 e. The summed E-state index contributed by atoms with van der Waals surface area (Å²) < 4.78 is 5.46. The third kappa shape index (κ3) is 0.552. The van der Waals surface area contributed by atoms with Gasteiger partial charge in [-0.1, -0.05) is 18.2 Å². The molecule has 0 amide bonds. The molecule has 2 aliphatic heterocycles. The number of hydrogen-bond donors (Lipinski definition) is 0. The highest BCUT2D eigenvalue weighted by molar-refractivity contribution is 5.42. The summed E-state index contributed by atoms with van der Waals surface area (Å²) >= 11 is 0. The number of rotatable bonds is 0. The van der Waals surface area contributed by atoms with Crippen LogP contribution in [0.15, 0.2) is 24.3 Å². The Hall–Kier alpha value is -1.06. The first-order chi connectivity index (χ1) is 5.81. The maximum absolute atomic E-state index is 5.46.